The van der Waals surface area contributed by atoms with Crippen molar-refractivity contribution in [1.82, 2.24) is 4.90 Å². The molecule has 1 heterocycles. The van der Waals surface area contributed by atoms with Crippen LogP contribution in [-0.2, 0) is 9.47 Å². The minimum Gasteiger partial charge on any atom is -0.396 e. The molecule has 1 N–H and O–H groups in total. The molecule has 1 aliphatic heterocycles. The van der Waals surface area contributed by atoms with Gasteiger partial charge >= 0.3 is 0 Å². The molecule has 1 unspecified atom stereocenters. The van der Waals surface area contributed by atoms with Gasteiger partial charge in [0.2, 0.25) is 0 Å². The van der Waals surface area contributed by atoms with Crippen LogP contribution in [0.15, 0.2) is 0 Å². The van der Waals surface area contributed by atoms with Crippen LogP contribution in [0.25, 0.3) is 0 Å². The van der Waals surface area contributed by atoms with Crippen LogP contribution in [0.4, 0.5) is 0 Å². The lowest BCUT2D eigenvalue weighted by atomic mass is 9.80. The second-order valence-electron chi connectivity index (χ2n) is 4.99. The predicted molar refractivity (Wildman–Crippen MR) is 63.5 cm³/mol. The Morgan fingerprint density at radius 3 is 2.56 bits per heavy atom. The number of methoxy groups -OCH3 is 1. The molecule has 0 spiro atoms. The Hall–Kier alpha value is -0.160. The van der Waals surface area contributed by atoms with Crippen molar-refractivity contribution in [3.8, 4) is 0 Å². The summed E-state index contributed by atoms with van der Waals surface area (Å²) in [6, 6.07) is 0.385. The zero-order valence-corrected chi connectivity index (χ0v) is 10.7. The zero-order chi connectivity index (χ0) is 12.0. The molecular formula is C12H25NO3. The van der Waals surface area contributed by atoms with Crippen molar-refractivity contribution in [2.24, 2.45) is 5.41 Å². The van der Waals surface area contributed by atoms with Crippen LogP contribution in [0.1, 0.15) is 19.8 Å². The number of rotatable bonds is 6. The summed E-state index contributed by atoms with van der Waals surface area (Å²) in [5.41, 5.74) is 0.0228. The minimum absolute atomic E-state index is 0.0228. The van der Waals surface area contributed by atoms with E-state index < -0.39 is 0 Å². The Balaban J connectivity index is 2.48. The Bertz CT molecular complexity index is 193. The largest absolute Gasteiger partial charge is 0.396 e. The SMILES string of the molecule is COCC(C)N(C)CC1(CO)CCOCC1. The van der Waals surface area contributed by atoms with E-state index in [0.29, 0.717) is 6.04 Å². The molecule has 1 aliphatic rings. The van der Waals surface area contributed by atoms with Crippen LogP contribution in [0, 0.1) is 5.41 Å². The average Bonchev–Trinajstić information content (AvgIpc) is 2.30. The third kappa shape index (κ3) is 3.70. The number of aliphatic hydroxyl groups excluding tert-OH is 1. The Morgan fingerprint density at radius 2 is 2.06 bits per heavy atom. The van der Waals surface area contributed by atoms with Gasteiger partial charge in [0.15, 0.2) is 0 Å². The maximum absolute atomic E-state index is 9.59. The quantitative estimate of drug-likeness (QED) is 0.732. The third-order valence-corrected chi connectivity index (χ3v) is 3.63. The van der Waals surface area contributed by atoms with Crippen molar-refractivity contribution in [3.63, 3.8) is 0 Å². The zero-order valence-electron chi connectivity index (χ0n) is 10.7. The van der Waals surface area contributed by atoms with E-state index in [1.165, 1.54) is 0 Å². The highest BCUT2D eigenvalue weighted by Crippen LogP contribution is 2.31. The van der Waals surface area contributed by atoms with E-state index in [4.69, 9.17) is 9.47 Å². The van der Waals surface area contributed by atoms with Crippen molar-refractivity contribution >= 4 is 0 Å². The molecule has 0 aromatic heterocycles. The van der Waals surface area contributed by atoms with Gasteiger partial charge < -0.3 is 19.5 Å². The molecule has 1 fully saturated rings. The highest BCUT2D eigenvalue weighted by molar-refractivity contribution is 4.85. The highest BCUT2D eigenvalue weighted by Gasteiger charge is 2.33. The van der Waals surface area contributed by atoms with Crippen molar-refractivity contribution in [2.45, 2.75) is 25.8 Å². The normalized spacial score (nSPS) is 22.3. The summed E-state index contributed by atoms with van der Waals surface area (Å²) >= 11 is 0. The van der Waals surface area contributed by atoms with Gasteiger partial charge in [0, 0.05) is 38.3 Å². The van der Waals surface area contributed by atoms with Gasteiger partial charge in [-0.05, 0) is 26.8 Å². The van der Waals surface area contributed by atoms with E-state index in [1.807, 2.05) is 0 Å². The molecule has 0 radical (unpaired) electrons. The molecule has 0 bridgehead atoms. The fraction of sp³-hybridized carbons (Fsp3) is 1.00. The summed E-state index contributed by atoms with van der Waals surface area (Å²) in [4.78, 5) is 2.27. The number of nitrogens with zero attached hydrogens (tertiary/aromatic N) is 1. The van der Waals surface area contributed by atoms with Crippen LogP contribution in [0.5, 0.6) is 0 Å². The van der Waals surface area contributed by atoms with E-state index in [2.05, 4.69) is 18.9 Å². The van der Waals surface area contributed by atoms with E-state index in [-0.39, 0.29) is 12.0 Å². The number of ether oxygens (including phenoxy) is 2. The van der Waals surface area contributed by atoms with Crippen molar-refractivity contribution in [2.75, 3.05) is 47.1 Å². The van der Waals surface area contributed by atoms with Crippen molar-refractivity contribution in [1.29, 1.82) is 0 Å². The molecule has 1 atom stereocenters. The maximum Gasteiger partial charge on any atom is 0.0615 e. The molecule has 0 amide bonds. The molecule has 0 aromatic rings. The van der Waals surface area contributed by atoms with Gasteiger partial charge in [0.05, 0.1) is 13.2 Å². The number of aliphatic hydroxyl groups is 1. The monoisotopic (exact) mass is 231 g/mol. The van der Waals surface area contributed by atoms with Gasteiger partial charge in [0.1, 0.15) is 0 Å². The first-order valence-electron chi connectivity index (χ1n) is 6.01. The van der Waals surface area contributed by atoms with Gasteiger partial charge in [-0.15, -0.1) is 0 Å². The second-order valence-corrected chi connectivity index (χ2v) is 4.99. The number of hydrogen-bond acceptors (Lipinski definition) is 4. The standard InChI is InChI=1S/C12H25NO3/c1-11(8-15-3)13(2)9-12(10-14)4-6-16-7-5-12/h11,14H,4-10H2,1-3H3. The number of likely N-dealkylation sites (N-methyl/N-ethyl adjacent to an activating group) is 1. The molecule has 4 heteroatoms. The Labute approximate surface area is 98.5 Å². The van der Waals surface area contributed by atoms with Crippen LogP contribution >= 0.6 is 0 Å². The van der Waals surface area contributed by atoms with Crippen molar-refractivity contribution in [3.05, 3.63) is 0 Å². The smallest absolute Gasteiger partial charge is 0.0615 e. The fourth-order valence-corrected chi connectivity index (χ4v) is 2.22. The molecule has 16 heavy (non-hydrogen) atoms. The summed E-state index contributed by atoms with van der Waals surface area (Å²) in [5, 5.41) is 9.59. The summed E-state index contributed by atoms with van der Waals surface area (Å²) in [6.45, 7) is 5.58. The van der Waals surface area contributed by atoms with Gasteiger partial charge in [-0.25, -0.2) is 0 Å². The van der Waals surface area contributed by atoms with E-state index in [1.54, 1.807) is 7.11 Å². The average molecular weight is 231 g/mol. The topological polar surface area (TPSA) is 41.9 Å². The van der Waals surface area contributed by atoms with Crippen molar-refractivity contribution < 1.29 is 14.6 Å². The van der Waals surface area contributed by atoms with Gasteiger partial charge in [-0.2, -0.15) is 0 Å². The summed E-state index contributed by atoms with van der Waals surface area (Å²) in [5.74, 6) is 0. The molecular weight excluding hydrogens is 206 g/mol. The first-order chi connectivity index (χ1) is 7.63. The molecule has 4 nitrogen and oxygen atoms in total. The maximum atomic E-state index is 9.59. The van der Waals surface area contributed by atoms with E-state index >= 15 is 0 Å². The number of hydrogen-bond donors (Lipinski definition) is 1. The Kier molecular flexibility index (Phi) is 5.69. The predicted octanol–water partition coefficient (Wildman–Crippen LogP) is 0.742. The summed E-state index contributed by atoms with van der Waals surface area (Å²) in [6.07, 6.45) is 1.90. The van der Waals surface area contributed by atoms with Crippen LogP contribution in [0.3, 0.4) is 0 Å². The van der Waals surface area contributed by atoms with Crippen LogP contribution < -0.4 is 0 Å². The summed E-state index contributed by atoms with van der Waals surface area (Å²) in [7, 11) is 3.82. The molecule has 0 aromatic carbocycles. The van der Waals surface area contributed by atoms with Gasteiger partial charge in [-0.3, -0.25) is 0 Å². The highest BCUT2D eigenvalue weighted by atomic mass is 16.5. The first kappa shape index (κ1) is 13.9. The third-order valence-electron chi connectivity index (χ3n) is 3.63. The summed E-state index contributed by atoms with van der Waals surface area (Å²) < 4.78 is 10.5. The lowest BCUT2D eigenvalue weighted by Gasteiger charge is -2.40. The van der Waals surface area contributed by atoms with Gasteiger partial charge in [0.25, 0.3) is 0 Å². The first-order valence-corrected chi connectivity index (χ1v) is 6.01. The Morgan fingerprint density at radius 1 is 1.44 bits per heavy atom. The van der Waals surface area contributed by atoms with Gasteiger partial charge in [-0.1, -0.05) is 0 Å². The molecule has 1 rings (SSSR count). The van der Waals surface area contributed by atoms with Crippen LogP contribution in [0.2, 0.25) is 0 Å². The second kappa shape index (κ2) is 6.55. The molecule has 96 valence electrons. The molecule has 1 saturated heterocycles. The van der Waals surface area contributed by atoms with E-state index in [0.717, 1.165) is 39.2 Å². The molecule has 0 aliphatic carbocycles. The lowest BCUT2D eigenvalue weighted by Crippen LogP contribution is -2.46. The molecule has 0 saturated carbocycles. The van der Waals surface area contributed by atoms with E-state index in [9.17, 15) is 5.11 Å². The minimum atomic E-state index is 0.0228. The van der Waals surface area contributed by atoms with Crippen LogP contribution in [-0.4, -0.2) is 63.2 Å². The lowest BCUT2D eigenvalue weighted by molar-refractivity contribution is -0.0393. The fourth-order valence-electron chi connectivity index (χ4n) is 2.22.